The number of hydrogen-bond acceptors (Lipinski definition) is 6. The molecule has 1 heterocycles. The number of amides is 1. The molecule has 1 saturated heterocycles. The summed E-state index contributed by atoms with van der Waals surface area (Å²) in [4.78, 5) is 26.6. The van der Waals surface area contributed by atoms with Gasteiger partial charge in [0.15, 0.2) is 6.61 Å². The highest BCUT2D eigenvalue weighted by molar-refractivity contribution is 7.89. The van der Waals surface area contributed by atoms with Crippen molar-refractivity contribution < 1.29 is 27.9 Å². The van der Waals surface area contributed by atoms with Gasteiger partial charge >= 0.3 is 5.97 Å². The molecular weight excluding hydrogens is 396 g/mol. The number of piperidine rings is 1. The van der Waals surface area contributed by atoms with Crippen molar-refractivity contribution in [2.24, 2.45) is 0 Å². The molecule has 1 aliphatic heterocycles. The normalized spacial score (nSPS) is 20.0. The fourth-order valence-corrected chi connectivity index (χ4v) is 5.23. The zero-order chi connectivity index (χ0) is 21.8. The van der Waals surface area contributed by atoms with Gasteiger partial charge in [-0.25, -0.2) is 13.2 Å². The van der Waals surface area contributed by atoms with E-state index in [0.717, 1.165) is 31.4 Å². The lowest BCUT2D eigenvalue weighted by Gasteiger charge is -2.38. The van der Waals surface area contributed by atoms with Crippen LogP contribution in [0, 0.1) is 0 Å². The predicted octanol–water partition coefficient (Wildman–Crippen LogP) is 2.37. The maximum atomic E-state index is 12.7. The van der Waals surface area contributed by atoms with E-state index in [2.05, 4.69) is 0 Å². The lowest BCUT2D eigenvalue weighted by molar-refractivity contribution is -0.140. The van der Waals surface area contributed by atoms with Crippen LogP contribution in [0.2, 0.25) is 0 Å². The molecule has 8 nitrogen and oxygen atoms in total. The number of carbonyl (C=O) groups excluding carboxylic acids is 2. The number of nitrogens with zero attached hydrogens (tertiary/aromatic N) is 2. The molecular formula is C20H30N2O6S. The molecule has 0 saturated carbocycles. The highest BCUT2D eigenvalue weighted by Crippen LogP contribution is 2.25. The fraction of sp³-hybridized carbons (Fsp3) is 0.600. The van der Waals surface area contributed by atoms with Crippen molar-refractivity contribution in [1.29, 1.82) is 0 Å². The van der Waals surface area contributed by atoms with Crippen LogP contribution in [0.25, 0.3) is 0 Å². The van der Waals surface area contributed by atoms with Crippen molar-refractivity contribution in [2.45, 2.75) is 63.9 Å². The van der Waals surface area contributed by atoms with Gasteiger partial charge in [0.25, 0.3) is 5.91 Å². The number of esters is 1. The summed E-state index contributed by atoms with van der Waals surface area (Å²) in [6.07, 6.45) is 2.85. The van der Waals surface area contributed by atoms with Gasteiger partial charge in [0.2, 0.25) is 10.0 Å². The van der Waals surface area contributed by atoms with Gasteiger partial charge in [-0.2, -0.15) is 4.31 Å². The number of aromatic hydroxyl groups is 1. The first-order valence-electron chi connectivity index (χ1n) is 9.94. The molecule has 2 atom stereocenters. The van der Waals surface area contributed by atoms with Gasteiger partial charge in [-0.15, -0.1) is 0 Å². The fourth-order valence-electron chi connectivity index (χ4n) is 3.74. The SMILES string of the molecule is CCN(CC)S(=O)(=O)c1ccc(O)c(C(=O)OCC(=O)N2[C@@H](C)CCC[C@@H]2C)c1. The van der Waals surface area contributed by atoms with E-state index in [1.54, 1.807) is 18.7 Å². The molecule has 0 unspecified atom stereocenters. The van der Waals surface area contributed by atoms with Gasteiger partial charge in [-0.05, 0) is 51.3 Å². The highest BCUT2D eigenvalue weighted by Gasteiger charge is 2.30. The summed E-state index contributed by atoms with van der Waals surface area (Å²) in [6, 6.07) is 3.61. The number of rotatable bonds is 7. The summed E-state index contributed by atoms with van der Waals surface area (Å²) in [6.45, 7) is 7.45. The number of phenols is 1. The van der Waals surface area contributed by atoms with Crippen molar-refractivity contribution in [3.8, 4) is 5.75 Å². The largest absolute Gasteiger partial charge is 0.507 e. The molecule has 1 aromatic carbocycles. The molecule has 0 aliphatic carbocycles. The first kappa shape index (κ1) is 23.2. The molecule has 1 amide bonds. The summed E-state index contributed by atoms with van der Waals surface area (Å²) >= 11 is 0. The van der Waals surface area contributed by atoms with Crippen LogP contribution in [0.1, 0.15) is 57.3 Å². The lowest BCUT2D eigenvalue weighted by atomic mass is 9.97. The van der Waals surface area contributed by atoms with Crippen LogP contribution in [-0.2, 0) is 19.6 Å². The molecule has 1 fully saturated rings. The number of carbonyl (C=O) groups is 2. The van der Waals surface area contributed by atoms with E-state index >= 15 is 0 Å². The smallest absolute Gasteiger partial charge is 0.342 e. The number of ether oxygens (including phenoxy) is 1. The third-order valence-electron chi connectivity index (χ3n) is 5.34. The van der Waals surface area contributed by atoms with Crippen LogP contribution in [0.4, 0.5) is 0 Å². The third kappa shape index (κ3) is 5.08. The maximum Gasteiger partial charge on any atom is 0.342 e. The van der Waals surface area contributed by atoms with Gasteiger partial charge < -0.3 is 14.7 Å². The minimum atomic E-state index is -3.80. The Balaban J connectivity index is 2.16. The molecule has 29 heavy (non-hydrogen) atoms. The van der Waals surface area contributed by atoms with Crippen molar-refractivity contribution in [2.75, 3.05) is 19.7 Å². The average molecular weight is 427 g/mol. The Morgan fingerprint density at radius 1 is 1.17 bits per heavy atom. The van der Waals surface area contributed by atoms with Crippen molar-refractivity contribution in [3.63, 3.8) is 0 Å². The quantitative estimate of drug-likeness (QED) is 0.671. The first-order valence-corrected chi connectivity index (χ1v) is 11.4. The number of benzene rings is 1. The number of likely N-dealkylation sites (tertiary alicyclic amines) is 1. The van der Waals surface area contributed by atoms with Crippen LogP contribution in [0.15, 0.2) is 23.1 Å². The molecule has 1 aromatic rings. The Morgan fingerprint density at radius 2 is 1.76 bits per heavy atom. The second-order valence-electron chi connectivity index (χ2n) is 7.27. The topological polar surface area (TPSA) is 104 Å². The van der Waals surface area contributed by atoms with Gasteiger partial charge in [0.05, 0.1) is 4.90 Å². The predicted molar refractivity (Wildman–Crippen MR) is 108 cm³/mol. The van der Waals surface area contributed by atoms with E-state index in [4.69, 9.17) is 4.74 Å². The highest BCUT2D eigenvalue weighted by atomic mass is 32.2. The summed E-state index contributed by atoms with van der Waals surface area (Å²) < 4.78 is 31.7. The lowest BCUT2D eigenvalue weighted by Crippen LogP contribution is -2.49. The summed E-state index contributed by atoms with van der Waals surface area (Å²) in [5.41, 5.74) is -0.286. The Kier molecular flexibility index (Phi) is 7.65. The monoisotopic (exact) mass is 426 g/mol. The van der Waals surface area contributed by atoms with Crippen LogP contribution in [-0.4, -0.2) is 66.4 Å². The Hall–Kier alpha value is -2.13. The van der Waals surface area contributed by atoms with Crippen LogP contribution < -0.4 is 0 Å². The average Bonchev–Trinajstić information content (AvgIpc) is 2.66. The summed E-state index contributed by atoms with van der Waals surface area (Å²) in [5.74, 6) is -1.64. The maximum absolute atomic E-state index is 12.7. The molecule has 9 heteroatoms. The van der Waals surface area contributed by atoms with Crippen LogP contribution >= 0.6 is 0 Å². The summed E-state index contributed by atoms with van der Waals surface area (Å²) in [5, 5.41) is 10.0. The van der Waals surface area contributed by atoms with E-state index < -0.39 is 28.3 Å². The van der Waals surface area contributed by atoms with Crippen molar-refractivity contribution >= 4 is 21.9 Å². The zero-order valence-corrected chi connectivity index (χ0v) is 18.2. The van der Waals surface area contributed by atoms with E-state index in [0.29, 0.717) is 0 Å². The molecule has 0 aromatic heterocycles. The molecule has 162 valence electrons. The van der Waals surface area contributed by atoms with E-state index in [1.807, 2.05) is 13.8 Å². The van der Waals surface area contributed by atoms with E-state index in [1.165, 1.54) is 10.4 Å². The van der Waals surface area contributed by atoms with Gasteiger partial charge in [-0.1, -0.05) is 13.8 Å². The van der Waals surface area contributed by atoms with E-state index in [-0.39, 0.29) is 41.5 Å². The van der Waals surface area contributed by atoms with Crippen molar-refractivity contribution in [1.82, 2.24) is 9.21 Å². The minimum Gasteiger partial charge on any atom is -0.507 e. The van der Waals surface area contributed by atoms with Crippen molar-refractivity contribution in [3.05, 3.63) is 23.8 Å². The zero-order valence-electron chi connectivity index (χ0n) is 17.4. The van der Waals surface area contributed by atoms with Crippen LogP contribution in [0.5, 0.6) is 5.75 Å². The molecule has 0 bridgehead atoms. The first-order chi connectivity index (χ1) is 13.6. The Morgan fingerprint density at radius 3 is 2.31 bits per heavy atom. The van der Waals surface area contributed by atoms with E-state index in [9.17, 15) is 23.1 Å². The van der Waals surface area contributed by atoms with Gasteiger partial charge in [0, 0.05) is 25.2 Å². The molecule has 1 aliphatic rings. The number of hydrogen-bond donors (Lipinski definition) is 1. The third-order valence-corrected chi connectivity index (χ3v) is 7.39. The minimum absolute atomic E-state index is 0.0703. The number of sulfonamides is 1. The Labute approximate surface area is 172 Å². The standard InChI is InChI=1S/C20H30N2O6S/c1-5-21(6-2)29(26,27)16-10-11-18(23)17(12-16)20(25)28-13-19(24)22-14(3)8-7-9-15(22)4/h10-12,14-15,23H,5-9,13H2,1-4H3/t14-,15-/m0/s1. The summed E-state index contributed by atoms with van der Waals surface area (Å²) in [7, 11) is -3.80. The second-order valence-corrected chi connectivity index (χ2v) is 9.21. The van der Waals surface area contributed by atoms with Crippen LogP contribution in [0.3, 0.4) is 0 Å². The molecule has 0 radical (unpaired) electrons. The number of phenolic OH excluding ortho intramolecular Hbond substituents is 1. The Bertz CT molecular complexity index is 841. The van der Waals surface area contributed by atoms with Gasteiger partial charge in [-0.3, -0.25) is 4.79 Å². The molecule has 1 N–H and O–H groups in total. The molecule has 2 rings (SSSR count). The molecule has 0 spiro atoms. The van der Waals surface area contributed by atoms with Gasteiger partial charge in [0.1, 0.15) is 11.3 Å². The second kappa shape index (κ2) is 9.58.